The zero-order valence-electron chi connectivity index (χ0n) is 11.3. The minimum Gasteiger partial charge on any atom is -0.481 e. The van der Waals surface area contributed by atoms with Crippen LogP contribution < -0.4 is 4.74 Å². The Morgan fingerprint density at radius 3 is 2.33 bits per heavy atom. The van der Waals surface area contributed by atoms with E-state index in [1.807, 2.05) is 6.07 Å². The van der Waals surface area contributed by atoms with Gasteiger partial charge in [0.15, 0.2) is 16.4 Å². The standard InChI is InChI=1S/C15H14O5S/c1-21(18,19)15-12(11-6-3-2-4-7-11)8-5-9-13(15)20-10-14(16)17/h2-9H,10H2,1H3,(H,16,17). The van der Waals surface area contributed by atoms with Gasteiger partial charge in [-0.2, -0.15) is 0 Å². The fraction of sp³-hybridized carbons (Fsp3) is 0.133. The van der Waals surface area contributed by atoms with Crippen LogP contribution in [-0.4, -0.2) is 32.4 Å². The van der Waals surface area contributed by atoms with Crippen LogP contribution in [-0.2, 0) is 14.6 Å². The van der Waals surface area contributed by atoms with Crippen LogP contribution in [0.5, 0.6) is 5.75 Å². The molecule has 2 aromatic carbocycles. The molecule has 0 unspecified atom stereocenters. The highest BCUT2D eigenvalue weighted by atomic mass is 32.2. The molecule has 2 rings (SSSR count). The second-order valence-electron chi connectivity index (χ2n) is 4.45. The molecular weight excluding hydrogens is 292 g/mol. The van der Waals surface area contributed by atoms with Crippen LogP contribution >= 0.6 is 0 Å². The van der Waals surface area contributed by atoms with E-state index in [2.05, 4.69) is 0 Å². The Labute approximate surface area is 122 Å². The predicted molar refractivity (Wildman–Crippen MR) is 78.1 cm³/mol. The van der Waals surface area contributed by atoms with Gasteiger partial charge in [-0.05, 0) is 11.6 Å². The third-order valence-electron chi connectivity index (χ3n) is 2.79. The van der Waals surface area contributed by atoms with Crippen molar-refractivity contribution in [3.63, 3.8) is 0 Å². The number of sulfone groups is 1. The number of ether oxygens (including phenoxy) is 1. The lowest BCUT2D eigenvalue weighted by Gasteiger charge is -2.13. The van der Waals surface area contributed by atoms with Gasteiger partial charge in [0.1, 0.15) is 10.6 Å². The van der Waals surface area contributed by atoms with E-state index < -0.39 is 22.4 Å². The fourth-order valence-corrected chi connectivity index (χ4v) is 3.07. The van der Waals surface area contributed by atoms with E-state index in [1.165, 1.54) is 6.07 Å². The molecule has 0 aromatic heterocycles. The zero-order valence-corrected chi connectivity index (χ0v) is 12.1. The Bertz CT molecular complexity index is 751. The number of aliphatic carboxylic acids is 1. The molecule has 0 aliphatic carbocycles. The largest absolute Gasteiger partial charge is 0.481 e. The van der Waals surface area contributed by atoms with Gasteiger partial charge in [0.25, 0.3) is 0 Å². The molecule has 5 nitrogen and oxygen atoms in total. The number of hydrogen-bond acceptors (Lipinski definition) is 4. The number of rotatable bonds is 5. The van der Waals surface area contributed by atoms with E-state index in [0.29, 0.717) is 5.56 Å². The minimum absolute atomic E-state index is 0.00236. The van der Waals surface area contributed by atoms with Gasteiger partial charge in [-0.1, -0.05) is 42.5 Å². The smallest absolute Gasteiger partial charge is 0.341 e. The highest BCUT2D eigenvalue weighted by molar-refractivity contribution is 7.91. The van der Waals surface area contributed by atoms with Crippen LogP contribution in [0.15, 0.2) is 53.4 Å². The first-order chi connectivity index (χ1) is 9.89. The number of carbonyl (C=O) groups is 1. The molecule has 0 aliphatic rings. The topological polar surface area (TPSA) is 80.7 Å². The molecule has 0 radical (unpaired) electrons. The summed E-state index contributed by atoms with van der Waals surface area (Å²) < 4.78 is 29.2. The summed E-state index contributed by atoms with van der Waals surface area (Å²) in [6.45, 7) is -0.596. The maximum atomic E-state index is 12.1. The van der Waals surface area contributed by atoms with Gasteiger partial charge in [0, 0.05) is 11.8 Å². The van der Waals surface area contributed by atoms with Gasteiger partial charge in [0.05, 0.1) is 0 Å². The molecule has 0 saturated heterocycles. The SMILES string of the molecule is CS(=O)(=O)c1c(OCC(=O)O)cccc1-c1ccccc1. The predicted octanol–water partition coefficient (Wildman–Crippen LogP) is 2.22. The van der Waals surface area contributed by atoms with E-state index in [4.69, 9.17) is 9.84 Å². The summed E-state index contributed by atoms with van der Waals surface area (Å²) in [6.07, 6.45) is 1.07. The molecule has 1 N–H and O–H groups in total. The summed E-state index contributed by atoms with van der Waals surface area (Å²) in [5.41, 5.74) is 1.21. The zero-order chi connectivity index (χ0) is 15.5. The molecule has 2 aromatic rings. The Kier molecular flexibility index (Phi) is 4.28. The molecule has 0 fully saturated rings. The van der Waals surface area contributed by atoms with Crippen molar-refractivity contribution in [3.8, 4) is 16.9 Å². The normalized spacial score (nSPS) is 11.1. The van der Waals surface area contributed by atoms with Crippen LogP contribution in [0.25, 0.3) is 11.1 Å². The lowest BCUT2D eigenvalue weighted by Crippen LogP contribution is -2.12. The van der Waals surface area contributed by atoms with Crippen LogP contribution in [0.1, 0.15) is 0 Å². The molecule has 6 heteroatoms. The molecule has 0 aliphatic heterocycles. The second kappa shape index (κ2) is 5.97. The van der Waals surface area contributed by atoms with Crippen LogP contribution in [0, 0.1) is 0 Å². The molecular formula is C15H14O5S. The molecule has 0 saturated carbocycles. The van der Waals surface area contributed by atoms with Gasteiger partial charge in [-0.15, -0.1) is 0 Å². The quantitative estimate of drug-likeness (QED) is 0.916. The summed E-state index contributed by atoms with van der Waals surface area (Å²) in [6, 6.07) is 13.7. The lowest BCUT2D eigenvalue weighted by molar-refractivity contribution is -0.139. The summed E-state index contributed by atoms with van der Waals surface area (Å²) in [5.74, 6) is -1.12. The number of benzene rings is 2. The van der Waals surface area contributed by atoms with Crippen molar-refractivity contribution in [2.24, 2.45) is 0 Å². The molecule has 0 spiro atoms. The molecule has 0 atom stereocenters. The molecule has 21 heavy (non-hydrogen) atoms. The van der Waals surface area contributed by atoms with Gasteiger partial charge in [0.2, 0.25) is 0 Å². The van der Waals surface area contributed by atoms with Crippen LogP contribution in [0.3, 0.4) is 0 Å². The fourth-order valence-electron chi connectivity index (χ4n) is 2.00. The first-order valence-electron chi connectivity index (χ1n) is 6.12. The van der Waals surface area contributed by atoms with E-state index in [0.717, 1.165) is 11.8 Å². The number of carboxylic acids is 1. The van der Waals surface area contributed by atoms with E-state index in [1.54, 1.807) is 36.4 Å². The van der Waals surface area contributed by atoms with Crippen molar-refractivity contribution in [1.29, 1.82) is 0 Å². The Balaban J connectivity index is 2.61. The third-order valence-corrected chi connectivity index (χ3v) is 3.95. The second-order valence-corrected chi connectivity index (χ2v) is 6.41. The number of hydrogen-bond donors (Lipinski definition) is 1. The van der Waals surface area contributed by atoms with Crippen molar-refractivity contribution in [3.05, 3.63) is 48.5 Å². The van der Waals surface area contributed by atoms with Crippen molar-refractivity contribution in [2.75, 3.05) is 12.9 Å². The van der Waals surface area contributed by atoms with Crippen molar-refractivity contribution in [2.45, 2.75) is 4.90 Å². The lowest BCUT2D eigenvalue weighted by atomic mass is 10.1. The first-order valence-corrected chi connectivity index (χ1v) is 8.02. The molecule has 110 valence electrons. The first kappa shape index (κ1) is 15.1. The monoisotopic (exact) mass is 306 g/mol. The molecule has 0 amide bonds. The minimum atomic E-state index is -3.58. The average Bonchev–Trinajstić information content (AvgIpc) is 2.44. The maximum Gasteiger partial charge on any atom is 0.341 e. The Hall–Kier alpha value is -2.34. The third kappa shape index (κ3) is 3.61. The summed E-state index contributed by atoms with van der Waals surface area (Å²) in [4.78, 5) is 10.6. The van der Waals surface area contributed by atoms with Gasteiger partial charge < -0.3 is 9.84 Å². The van der Waals surface area contributed by atoms with Crippen molar-refractivity contribution < 1.29 is 23.1 Å². The van der Waals surface area contributed by atoms with Gasteiger partial charge in [-0.3, -0.25) is 0 Å². The van der Waals surface area contributed by atoms with E-state index in [-0.39, 0.29) is 10.6 Å². The summed E-state index contributed by atoms with van der Waals surface area (Å²) in [7, 11) is -3.58. The number of carboxylic acid groups (broad SMARTS) is 1. The Morgan fingerprint density at radius 2 is 1.76 bits per heavy atom. The maximum absolute atomic E-state index is 12.1. The van der Waals surface area contributed by atoms with E-state index >= 15 is 0 Å². The van der Waals surface area contributed by atoms with Crippen molar-refractivity contribution >= 4 is 15.8 Å². The van der Waals surface area contributed by atoms with Gasteiger partial charge >= 0.3 is 5.97 Å². The highest BCUT2D eigenvalue weighted by Crippen LogP contribution is 2.34. The van der Waals surface area contributed by atoms with Crippen LogP contribution in [0.4, 0.5) is 0 Å². The summed E-state index contributed by atoms with van der Waals surface area (Å²) >= 11 is 0. The van der Waals surface area contributed by atoms with Crippen LogP contribution in [0.2, 0.25) is 0 Å². The average molecular weight is 306 g/mol. The van der Waals surface area contributed by atoms with E-state index in [9.17, 15) is 13.2 Å². The highest BCUT2D eigenvalue weighted by Gasteiger charge is 2.21. The van der Waals surface area contributed by atoms with Crippen molar-refractivity contribution in [1.82, 2.24) is 0 Å². The summed E-state index contributed by atoms with van der Waals surface area (Å²) in [5, 5.41) is 8.68. The molecule has 0 heterocycles. The Morgan fingerprint density at radius 1 is 1.10 bits per heavy atom. The molecule has 0 bridgehead atoms. The van der Waals surface area contributed by atoms with Gasteiger partial charge in [-0.25, -0.2) is 13.2 Å².